The molecular formula is C62H119NO27P2-2. The lowest BCUT2D eigenvalue weighted by Crippen LogP contribution is -2.67. The summed E-state index contributed by atoms with van der Waals surface area (Å²) in [4.78, 5) is 40.1. The number of aliphatic hydroxyl groups excluding tert-OH is 16. The topological polar surface area (TPSA) is 488 Å². The van der Waals surface area contributed by atoms with Gasteiger partial charge in [-0.2, -0.15) is 0 Å². The fourth-order valence-electron chi connectivity index (χ4n) is 12.0. The van der Waals surface area contributed by atoms with Crippen LogP contribution in [0.1, 0.15) is 239 Å². The minimum atomic E-state index is -6.00. The third-order valence-electron chi connectivity index (χ3n) is 18.1. The van der Waals surface area contributed by atoms with Crippen LogP contribution in [-0.2, 0) is 41.5 Å². The summed E-state index contributed by atoms with van der Waals surface area (Å²) in [5.74, 6) is -1.26. The number of ether oxygens (including phenoxy) is 2. The van der Waals surface area contributed by atoms with E-state index in [0.29, 0.717) is 25.7 Å². The number of rotatable bonds is 52. The summed E-state index contributed by atoms with van der Waals surface area (Å²) >= 11 is 0. The standard InChI is InChI=1S/C62H121NO27P2/c1-3-5-7-9-11-13-15-17-18-19-20-21-22-23-24-25-27-29-31-33-35-37-42(65)45(67)61(80)63-40(44(66)41(64)36-34-32-30-28-26-16-14-12-10-8-6-4-2)38-85-91(81,82)90-60-56(78)52(74)51(73)55(77)59(60)88-62-57(79)47(69)46(68)43(87-62)39-86-92(83,84)89-58-53(75)49(71)48(70)50(72)54(58)76/h40-60,62,64-79H,3-39H2,1-2H3,(H,63,80)(H,81,82)(H,83,84)/p-2/t40-,41+,42+,43+,44-,45-,46+,47-,48?,49-,50+,51+,52+,53+,54+,55-,56+,57-,58?,59+,60+,62?/m0/s1. The van der Waals surface area contributed by atoms with E-state index in [1.807, 2.05) is 0 Å². The number of phosphoric ester groups is 2. The van der Waals surface area contributed by atoms with Gasteiger partial charge in [-0.3, -0.25) is 13.9 Å². The molecule has 0 aromatic rings. The largest absolute Gasteiger partial charge is 0.756 e. The molecule has 30 heteroatoms. The summed E-state index contributed by atoms with van der Waals surface area (Å²) in [5.41, 5.74) is 0. The Labute approximate surface area is 544 Å². The molecule has 3 rings (SSSR count). The molecule has 0 bridgehead atoms. The second kappa shape index (κ2) is 46.3. The van der Waals surface area contributed by atoms with Crippen molar-refractivity contribution >= 4 is 21.6 Å². The number of phosphoric acid groups is 2. The number of unbranched alkanes of at least 4 members (excludes halogenated alkanes) is 31. The van der Waals surface area contributed by atoms with Gasteiger partial charge in [-0.1, -0.05) is 226 Å². The van der Waals surface area contributed by atoms with Gasteiger partial charge in [0.05, 0.1) is 31.5 Å². The van der Waals surface area contributed by atoms with E-state index in [-0.39, 0.29) is 12.8 Å². The molecule has 0 aromatic heterocycles. The van der Waals surface area contributed by atoms with E-state index in [1.165, 1.54) is 128 Å². The molecule has 0 radical (unpaired) electrons. The fourth-order valence-corrected chi connectivity index (χ4v) is 13.9. The number of carbonyl (C=O) groups is 1. The van der Waals surface area contributed by atoms with Crippen LogP contribution in [0.3, 0.4) is 0 Å². The van der Waals surface area contributed by atoms with Gasteiger partial charge >= 0.3 is 0 Å². The maximum absolute atomic E-state index is 13.7. The van der Waals surface area contributed by atoms with Gasteiger partial charge in [0.1, 0.15) is 104 Å². The van der Waals surface area contributed by atoms with Gasteiger partial charge in [0, 0.05) is 0 Å². The van der Waals surface area contributed by atoms with Gasteiger partial charge in [-0.05, 0) is 12.8 Å². The van der Waals surface area contributed by atoms with Gasteiger partial charge in [0.15, 0.2) is 12.4 Å². The Morgan fingerprint density at radius 3 is 1.13 bits per heavy atom. The van der Waals surface area contributed by atoms with Crippen LogP contribution in [0, 0.1) is 0 Å². The molecule has 1 heterocycles. The SMILES string of the molecule is CCCCCCCCCCCCCCCCCCCCCCC[C@@H](O)[C@H](O)C(=O)N[C@@H](COP(=O)([O-])O[C@@H]1[C@H](O)[C@H](O)[C@@H](O)[C@H](O)[C@H]1OC1O[C@H](COP(=O)([O-])OC2[C@H](O)[C@H](O)C(O)[C@H](O)[C@H]2O)[C@@H](O)[C@H](O)[C@@H]1O)[C@H](O)[C@H](O)CCCCCCCCCCCCCC. The van der Waals surface area contributed by atoms with E-state index in [4.69, 9.17) is 18.5 Å². The lowest BCUT2D eigenvalue weighted by molar-refractivity contribution is -0.342. The van der Waals surface area contributed by atoms with E-state index in [9.17, 15) is 105 Å². The van der Waals surface area contributed by atoms with E-state index < -0.39 is 169 Å². The van der Waals surface area contributed by atoms with Gasteiger partial charge in [-0.15, -0.1) is 0 Å². The molecule has 28 nitrogen and oxygen atoms in total. The Bertz CT molecular complexity index is 2000. The monoisotopic (exact) mass is 1370 g/mol. The van der Waals surface area contributed by atoms with Crippen molar-refractivity contribution in [2.24, 2.45) is 0 Å². The summed E-state index contributed by atoms with van der Waals surface area (Å²) in [6.45, 7) is 1.80. The third kappa shape index (κ3) is 30.6. The summed E-state index contributed by atoms with van der Waals surface area (Å²) in [5, 5.41) is 173. The molecule has 1 saturated heterocycles. The molecule has 1 amide bonds. The highest BCUT2D eigenvalue weighted by atomic mass is 31.2. The van der Waals surface area contributed by atoms with E-state index in [2.05, 4.69) is 28.2 Å². The van der Waals surface area contributed by atoms with Crippen molar-refractivity contribution in [3.8, 4) is 0 Å². The average Bonchev–Trinajstić information content (AvgIpc) is 0.788. The first kappa shape index (κ1) is 85.2. The number of nitrogens with one attached hydrogen (secondary N) is 1. The van der Waals surface area contributed by atoms with Crippen molar-refractivity contribution in [2.45, 2.75) is 373 Å². The quantitative estimate of drug-likeness (QED) is 0.0305. The van der Waals surface area contributed by atoms with Crippen LogP contribution in [0.5, 0.6) is 0 Å². The highest BCUT2D eigenvalue weighted by Crippen LogP contribution is 2.46. The van der Waals surface area contributed by atoms with Crippen LogP contribution < -0.4 is 15.1 Å². The van der Waals surface area contributed by atoms with Crippen LogP contribution >= 0.6 is 15.6 Å². The van der Waals surface area contributed by atoms with Crippen LogP contribution in [0.25, 0.3) is 0 Å². The molecular weight excluding hydrogens is 1250 g/mol. The summed E-state index contributed by atoms with van der Waals surface area (Å²) in [6, 6.07) is -1.86. The number of carbonyl (C=O) groups excluding carboxylic acids is 1. The Hall–Kier alpha value is -1.03. The molecule has 3 aliphatic rings. The maximum Gasteiger partial charge on any atom is 0.268 e. The maximum atomic E-state index is 13.7. The van der Waals surface area contributed by atoms with Crippen LogP contribution in [0.2, 0.25) is 0 Å². The molecule has 0 spiro atoms. The molecule has 5 unspecified atom stereocenters. The minimum absolute atomic E-state index is 0.0137. The van der Waals surface area contributed by atoms with Gasteiger partial charge in [0.2, 0.25) is 0 Å². The molecule has 24 atom stereocenters. The zero-order valence-electron chi connectivity index (χ0n) is 54.4. The average molecular weight is 1370 g/mol. The third-order valence-corrected chi connectivity index (χ3v) is 20.0. The van der Waals surface area contributed by atoms with Crippen molar-refractivity contribution in [1.29, 1.82) is 0 Å². The van der Waals surface area contributed by atoms with E-state index in [0.717, 1.165) is 57.8 Å². The van der Waals surface area contributed by atoms with Gasteiger partial charge < -0.3 is 124 Å². The normalized spacial score (nSPS) is 31.7. The molecule has 92 heavy (non-hydrogen) atoms. The Morgan fingerprint density at radius 2 is 0.728 bits per heavy atom. The number of hydrogen-bond donors (Lipinski definition) is 17. The molecule has 17 N–H and O–H groups in total. The molecule has 2 aliphatic carbocycles. The minimum Gasteiger partial charge on any atom is -0.756 e. The molecule has 2 saturated carbocycles. The Kier molecular flexibility index (Phi) is 42.9. The lowest BCUT2D eigenvalue weighted by Gasteiger charge is -2.48. The summed E-state index contributed by atoms with van der Waals surface area (Å²) in [6.07, 6.45) is -10.0. The molecule has 1 aliphatic heterocycles. The number of aliphatic hydroxyl groups is 16. The second-order valence-electron chi connectivity index (χ2n) is 25.9. The first-order valence-electron chi connectivity index (χ1n) is 34.5. The molecule has 0 aromatic carbocycles. The predicted octanol–water partition coefficient (Wildman–Crippen LogP) is 1.82. The van der Waals surface area contributed by atoms with E-state index >= 15 is 0 Å². The van der Waals surface area contributed by atoms with Gasteiger partial charge in [-0.25, -0.2) is 0 Å². The van der Waals surface area contributed by atoms with Crippen LogP contribution in [0.4, 0.5) is 0 Å². The summed E-state index contributed by atoms with van der Waals surface area (Å²) < 4.78 is 56.9. The second-order valence-corrected chi connectivity index (χ2v) is 28.6. The first-order chi connectivity index (χ1) is 43.7. The Balaban J connectivity index is 1.61. The van der Waals surface area contributed by atoms with Crippen LogP contribution in [-0.4, -0.2) is 235 Å². The van der Waals surface area contributed by atoms with Crippen molar-refractivity contribution in [2.75, 3.05) is 13.2 Å². The van der Waals surface area contributed by atoms with Crippen molar-refractivity contribution in [1.82, 2.24) is 5.32 Å². The molecule has 3 fully saturated rings. The van der Waals surface area contributed by atoms with E-state index in [1.54, 1.807) is 0 Å². The van der Waals surface area contributed by atoms with Crippen molar-refractivity contribution in [3.63, 3.8) is 0 Å². The van der Waals surface area contributed by atoms with Crippen molar-refractivity contribution in [3.05, 3.63) is 0 Å². The number of hydrogen-bond acceptors (Lipinski definition) is 27. The zero-order valence-corrected chi connectivity index (χ0v) is 56.2. The zero-order chi connectivity index (χ0) is 68.4. The smallest absolute Gasteiger partial charge is 0.268 e. The van der Waals surface area contributed by atoms with Crippen LogP contribution in [0.15, 0.2) is 0 Å². The highest BCUT2D eigenvalue weighted by Gasteiger charge is 2.55. The predicted molar refractivity (Wildman–Crippen MR) is 331 cm³/mol. The Morgan fingerprint density at radius 1 is 0.413 bits per heavy atom. The first-order valence-corrected chi connectivity index (χ1v) is 37.4. The fraction of sp³-hybridized carbons (Fsp3) is 0.984. The highest BCUT2D eigenvalue weighted by molar-refractivity contribution is 7.46. The summed E-state index contributed by atoms with van der Waals surface area (Å²) in [7, 11) is -11.8. The molecule has 546 valence electrons. The van der Waals surface area contributed by atoms with Gasteiger partial charge in [0.25, 0.3) is 21.6 Å². The lowest BCUT2D eigenvalue weighted by atomic mass is 9.84. The van der Waals surface area contributed by atoms with Crippen molar-refractivity contribution < 1.29 is 133 Å². The number of amides is 1.